The zero-order chi connectivity index (χ0) is 13.8. The van der Waals surface area contributed by atoms with Gasteiger partial charge in [0.05, 0.1) is 19.9 Å². The minimum atomic E-state index is -1.15. The lowest BCUT2D eigenvalue weighted by Crippen LogP contribution is -2.22. The third-order valence-corrected chi connectivity index (χ3v) is 4.05. The van der Waals surface area contributed by atoms with Crippen LogP contribution in [0.5, 0.6) is 11.6 Å². The van der Waals surface area contributed by atoms with E-state index in [0.717, 1.165) is 6.04 Å². The van der Waals surface area contributed by atoms with Crippen LogP contribution in [0.2, 0.25) is 25.7 Å². The molecule has 0 unspecified atom stereocenters. The Hall–Kier alpha value is -1.43. The van der Waals surface area contributed by atoms with Crippen molar-refractivity contribution in [3.05, 3.63) is 12.0 Å². The van der Waals surface area contributed by atoms with Crippen molar-refractivity contribution >= 4 is 13.9 Å². The molecule has 0 bridgehead atoms. The second kappa shape index (κ2) is 5.95. The minimum absolute atomic E-state index is 0.152. The van der Waals surface area contributed by atoms with Gasteiger partial charge in [-0.15, -0.1) is 0 Å². The van der Waals surface area contributed by atoms with Crippen LogP contribution in [0.25, 0.3) is 0 Å². The van der Waals surface area contributed by atoms with Crippen LogP contribution >= 0.6 is 0 Å². The fourth-order valence-electron chi connectivity index (χ4n) is 1.22. The smallest absolute Gasteiger partial charge is 0.260 e. The van der Waals surface area contributed by atoms with Gasteiger partial charge in [-0.3, -0.25) is 4.79 Å². The van der Waals surface area contributed by atoms with E-state index in [1.54, 1.807) is 0 Å². The first-order valence-corrected chi connectivity index (χ1v) is 9.59. The van der Waals surface area contributed by atoms with Crippen molar-refractivity contribution < 1.29 is 14.3 Å². The molecule has 0 fully saturated rings. The molecule has 0 saturated carbocycles. The Kier molecular flexibility index (Phi) is 4.83. The molecule has 0 aliphatic rings. The minimum Gasteiger partial charge on any atom is -0.490 e. The highest BCUT2D eigenvalue weighted by molar-refractivity contribution is 6.76. The summed E-state index contributed by atoms with van der Waals surface area (Å²) in [5, 5.41) is 0. The molecular formula is C12H20N2O3Si. The van der Waals surface area contributed by atoms with Crippen molar-refractivity contribution in [1.82, 2.24) is 9.97 Å². The highest BCUT2D eigenvalue weighted by atomic mass is 28.3. The quantitative estimate of drug-likeness (QED) is 0.585. The third kappa shape index (κ3) is 4.44. The van der Waals surface area contributed by atoms with Crippen LogP contribution in [-0.4, -0.2) is 37.5 Å². The Labute approximate surface area is 109 Å². The van der Waals surface area contributed by atoms with Crippen molar-refractivity contribution in [2.24, 2.45) is 0 Å². The topological polar surface area (TPSA) is 61.3 Å². The number of ketones is 1. The number of hydrogen-bond acceptors (Lipinski definition) is 5. The van der Waals surface area contributed by atoms with Crippen molar-refractivity contribution in [2.75, 3.05) is 13.7 Å². The molecule has 0 atom stereocenters. The Balaban J connectivity index is 2.78. The van der Waals surface area contributed by atoms with Gasteiger partial charge in [0.25, 0.3) is 5.88 Å². The fraction of sp³-hybridized carbons (Fsp3) is 0.583. The number of Topliss-reactive ketones (excluding diaryl/α,β-unsaturated/α-hetero) is 1. The maximum absolute atomic E-state index is 11.2. The Morgan fingerprint density at radius 3 is 2.56 bits per heavy atom. The zero-order valence-corrected chi connectivity index (χ0v) is 12.6. The lowest BCUT2D eigenvalue weighted by molar-refractivity contribution is 0.100. The Morgan fingerprint density at radius 1 is 1.39 bits per heavy atom. The van der Waals surface area contributed by atoms with E-state index in [1.807, 2.05) is 0 Å². The van der Waals surface area contributed by atoms with Crippen LogP contribution in [-0.2, 0) is 0 Å². The Morgan fingerprint density at radius 2 is 2.06 bits per heavy atom. The lowest BCUT2D eigenvalue weighted by atomic mass is 10.4. The molecule has 5 nitrogen and oxygen atoms in total. The number of carbonyl (C=O) groups excluding carboxylic acids is 1. The number of methoxy groups -OCH3 is 1. The van der Waals surface area contributed by atoms with Crippen LogP contribution in [0, 0.1) is 0 Å². The predicted molar refractivity (Wildman–Crippen MR) is 72.2 cm³/mol. The molecule has 6 heteroatoms. The summed E-state index contributed by atoms with van der Waals surface area (Å²) in [5.41, 5.74) is 0. The summed E-state index contributed by atoms with van der Waals surface area (Å²) < 4.78 is 10.7. The van der Waals surface area contributed by atoms with E-state index in [0.29, 0.717) is 18.2 Å². The van der Waals surface area contributed by atoms with Gasteiger partial charge in [0.2, 0.25) is 0 Å². The van der Waals surface area contributed by atoms with Crippen LogP contribution < -0.4 is 9.47 Å². The van der Waals surface area contributed by atoms with Crippen molar-refractivity contribution in [3.63, 3.8) is 0 Å². The molecule has 0 radical (unpaired) electrons. The van der Waals surface area contributed by atoms with Gasteiger partial charge >= 0.3 is 0 Å². The maximum atomic E-state index is 11.2. The summed E-state index contributed by atoms with van der Waals surface area (Å²) in [5.74, 6) is 0.762. The molecule has 0 N–H and O–H groups in total. The van der Waals surface area contributed by atoms with Crippen LogP contribution in [0.4, 0.5) is 0 Å². The molecule has 0 saturated heterocycles. The first-order chi connectivity index (χ1) is 8.33. The van der Waals surface area contributed by atoms with Crippen molar-refractivity contribution in [2.45, 2.75) is 32.6 Å². The number of ether oxygens (including phenoxy) is 2. The number of hydrogen-bond donors (Lipinski definition) is 0. The molecule has 0 spiro atoms. The zero-order valence-electron chi connectivity index (χ0n) is 11.6. The second-order valence-corrected chi connectivity index (χ2v) is 10.9. The molecule has 1 aromatic heterocycles. The Bertz CT molecular complexity index is 430. The van der Waals surface area contributed by atoms with Crippen LogP contribution in [0.15, 0.2) is 6.20 Å². The summed E-state index contributed by atoms with van der Waals surface area (Å²) in [6.07, 6.45) is 1.47. The fourth-order valence-corrected chi connectivity index (χ4v) is 1.94. The molecule has 100 valence electrons. The van der Waals surface area contributed by atoms with E-state index in [9.17, 15) is 4.79 Å². The van der Waals surface area contributed by atoms with Crippen molar-refractivity contribution in [3.8, 4) is 11.6 Å². The number of aromatic nitrogens is 2. The summed E-state index contributed by atoms with van der Waals surface area (Å²) in [6.45, 7) is 8.83. The molecule has 1 aromatic rings. The standard InChI is InChI=1S/C12H20N2O3Si/c1-9(15)11-13-8-10(16-2)12(14-11)17-6-7-18(3,4)5/h8H,6-7H2,1-5H3. The molecule has 1 heterocycles. The van der Waals surface area contributed by atoms with Crippen molar-refractivity contribution in [1.29, 1.82) is 0 Å². The summed E-state index contributed by atoms with van der Waals surface area (Å²) in [6, 6.07) is 1.02. The van der Waals surface area contributed by atoms with E-state index in [-0.39, 0.29) is 11.6 Å². The van der Waals surface area contributed by atoms with E-state index < -0.39 is 8.07 Å². The largest absolute Gasteiger partial charge is 0.490 e. The first-order valence-electron chi connectivity index (χ1n) is 5.88. The maximum Gasteiger partial charge on any atom is 0.260 e. The molecule has 0 amide bonds. The molecule has 0 aromatic carbocycles. The number of nitrogens with zero attached hydrogens (tertiary/aromatic N) is 2. The molecule has 0 aliphatic carbocycles. The van der Waals surface area contributed by atoms with Gasteiger partial charge in [0, 0.05) is 15.0 Å². The van der Waals surface area contributed by atoms with Crippen LogP contribution in [0.1, 0.15) is 17.5 Å². The first kappa shape index (κ1) is 14.6. The SMILES string of the molecule is COc1cnc(C(C)=O)nc1OCC[Si](C)(C)C. The van der Waals surface area contributed by atoms with Gasteiger partial charge in [-0.1, -0.05) is 19.6 Å². The van der Waals surface area contributed by atoms with E-state index in [2.05, 4.69) is 29.6 Å². The normalized spacial score (nSPS) is 11.2. The summed E-state index contributed by atoms with van der Waals surface area (Å²) >= 11 is 0. The highest BCUT2D eigenvalue weighted by Crippen LogP contribution is 2.23. The van der Waals surface area contributed by atoms with Gasteiger partial charge < -0.3 is 9.47 Å². The molecule has 1 rings (SSSR count). The molecule has 18 heavy (non-hydrogen) atoms. The van der Waals surface area contributed by atoms with E-state index in [4.69, 9.17) is 9.47 Å². The average molecular weight is 268 g/mol. The number of carbonyl (C=O) groups is 1. The highest BCUT2D eigenvalue weighted by Gasteiger charge is 2.15. The lowest BCUT2D eigenvalue weighted by Gasteiger charge is -2.16. The van der Waals surface area contributed by atoms with Gasteiger partial charge in [0.1, 0.15) is 0 Å². The molecular weight excluding hydrogens is 248 g/mol. The average Bonchev–Trinajstić information content (AvgIpc) is 2.27. The second-order valence-electron chi connectivity index (χ2n) is 5.28. The van der Waals surface area contributed by atoms with E-state index >= 15 is 0 Å². The van der Waals surface area contributed by atoms with E-state index in [1.165, 1.54) is 20.2 Å². The van der Waals surface area contributed by atoms with Gasteiger partial charge in [-0.2, -0.15) is 4.98 Å². The predicted octanol–water partition coefficient (Wildman–Crippen LogP) is 2.40. The summed E-state index contributed by atoms with van der Waals surface area (Å²) in [7, 11) is 0.375. The molecule has 0 aliphatic heterocycles. The number of rotatable bonds is 6. The van der Waals surface area contributed by atoms with Gasteiger partial charge in [-0.25, -0.2) is 4.98 Å². The van der Waals surface area contributed by atoms with Gasteiger partial charge in [-0.05, 0) is 6.04 Å². The van der Waals surface area contributed by atoms with Gasteiger partial charge in [0.15, 0.2) is 17.4 Å². The van der Waals surface area contributed by atoms with Crippen LogP contribution in [0.3, 0.4) is 0 Å². The summed E-state index contributed by atoms with van der Waals surface area (Å²) in [4.78, 5) is 19.2. The monoisotopic (exact) mass is 268 g/mol. The third-order valence-electron chi connectivity index (χ3n) is 2.35.